The van der Waals surface area contributed by atoms with Crippen molar-refractivity contribution >= 4 is 5.91 Å². The molecule has 1 aliphatic carbocycles. The molecule has 1 aromatic heterocycles. The third-order valence-corrected chi connectivity index (χ3v) is 3.74. The Kier molecular flexibility index (Phi) is 4.36. The van der Waals surface area contributed by atoms with E-state index in [0.717, 1.165) is 18.4 Å². The molecule has 0 bridgehead atoms. The van der Waals surface area contributed by atoms with Gasteiger partial charge in [0.2, 0.25) is 5.76 Å². The van der Waals surface area contributed by atoms with Gasteiger partial charge in [-0.15, -0.1) is 0 Å². The van der Waals surface area contributed by atoms with E-state index in [1.165, 1.54) is 19.3 Å². The minimum atomic E-state index is -0.203. The maximum absolute atomic E-state index is 12.0. The highest BCUT2D eigenvalue weighted by atomic mass is 16.5. The van der Waals surface area contributed by atoms with Gasteiger partial charge in [0, 0.05) is 18.2 Å². The molecule has 0 radical (unpaired) electrons. The molecule has 0 spiro atoms. The first-order valence-corrected chi connectivity index (χ1v) is 6.64. The molecular formula is C13H21N3O2. The quantitative estimate of drug-likeness (QED) is 0.852. The highest BCUT2D eigenvalue weighted by Gasteiger charge is 2.25. The monoisotopic (exact) mass is 251 g/mol. The van der Waals surface area contributed by atoms with Gasteiger partial charge in [-0.25, -0.2) is 0 Å². The van der Waals surface area contributed by atoms with Crippen molar-refractivity contribution in [2.75, 3.05) is 6.54 Å². The Bertz CT molecular complexity index is 397. The summed E-state index contributed by atoms with van der Waals surface area (Å²) in [7, 11) is 0. The molecule has 18 heavy (non-hydrogen) atoms. The van der Waals surface area contributed by atoms with Crippen molar-refractivity contribution in [2.45, 2.75) is 45.1 Å². The number of carbonyl (C=O) groups excluding carboxylic acids is 1. The number of nitrogens with zero attached hydrogens (tertiary/aromatic N) is 1. The Morgan fingerprint density at radius 1 is 1.56 bits per heavy atom. The highest BCUT2D eigenvalue weighted by molar-refractivity contribution is 5.92. The molecule has 1 heterocycles. The van der Waals surface area contributed by atoms with E-state index in [9.17, 15) is 4.79 Å². The number of aryl methyl sites for hydroxylation is 1. The molecule has 1 fully saturated rings. The van der Waals surface area contributed by atoms with E-state index in [1.807, 2.05) is 6.92 Å². The Labute approximate surface area is 107 Å². The maximum atomic E-state index is 12.0. The summed E-state index contributed by atoms with van der Waals surface area (Å²) in [6.45, 7) is 2.28. The zero-order valence-corrected chi connectivity index (χ0v) is 10.8. The van der Waals surface area contributed by atoms with Gasteiger partial charge >= 0.3 is 0 Å². The van der Waals surface area contributed by atoms with Crippen molar-refractivity contribution in [2.24, 2.45) is 11.7 Å². The number of hydrogen-bond acceptors (Lipinski definition) is 4. The van der Waals surface area contributed by atoms with Crippen LogP contribution in [0.4, 0.5) is 0 Å². The third kappa shape index (κ3) is 2.90. The second kappa shape index (κ2) is 6.00. The van der Waals surface area contributed by atoms with Gasteiger partial charge in [0.25, 0.3) is 5.91 Å². The Morgan fingerprint density at radius 3 is 2.83 bits per heavy atom. The Balaban J connectivity index is 1.97. The molecule has 5 nitrogen and oxygen atoms in total. The summed E-state index contributed by atoms with van der Waals surface area (Å²) >= 11 is 0. The van der Waals surface area contributed by atoms with Gasteiger partial charge in [0.15, 0.2) is 0 Å². The lowest BCUT2D eigenvalue weighted by Crippen LogP contribution is -2.46. The first-order valence-electron chi connectivity index (χ1n) is 6.64. The van der Waals surface area contributed by atoms with E-state index in [4.69, 9.17) is 10.3 Å². The fourth-order valence-corrected chi connectivity index (χ4v) is 2.65. The van der Waals surface area contributed by atoms with Crippen LogP contribution in [-0.2, 0) is 0 Å². The largest absolute Gasteiger partial charge is 0.351 e. The van der Waals surface area contributed by atoms with Crippen LogP contribution in [0.25, 0.3) is 0 Å². The van der Waals surface area contributed by atoms with Crippen molar-refractivity contribution in [3.05, 3.63) is 17.5 Å². The van der Waals surface area contributed by atoms with Gasteiger partial charge in [0.05, 0.1) is 6.20 Å². The van der Waals surface area contributed by atoms with Crippen LogP contribution in [0.5, 0.6) is 0 Å². The van der Waals surface area contributed by atoms with Gasteiger partial charge in [0.1, 0.15) is 0 Å². The Morgan fingerprint density at radius 2 is 2.28 bits per heavy atom. The lowest BCUT2D eigenvalue weighted by molar-refractivity contribution is 0.0877. The number of carbonyl (C=O) groups is 1. The number of rotatable bonds is 4. The van der Waals surface area contributed by atoms with Crippen LogP contribution < -0.4 is 11.1 Å². The molecule has 100 valence electrons. The van der Waals surface area contributed by atoms with Crippen LogP contribution >= 0.6 is 0 Å². The summed E-state index contributed by atoms with van der Waals surface area (Å²) in [4.78, 5) is 12.0. The minimum Gasteiger partial charge on any atom is -0.351 e. The van der Waals surface area contributed by atoms with Crippen LogP contribution in [0, 0.1) is 12.8 Å². The normalized spacial score (nSPS) is 18.6. The number of hydrogen-bond donors (Lipinski definition) is 2. The van der Waals surface area contributed by atoms with Gasteiger partial charge < -0.3 is 15.6 Å². The SMILES string of the molecule is Cc1cnoc1C(=O)NC(CN)C1CCCCC1. The molecule has 0 saturated heterocycles. The summed E-state index contributed by atoms with van der Waals surface area (Å²) in [5, 5.41) is 6.60. The number of nitrogens with one attached hydrogen (secondary N) is 1. The average Bonchev–Trinajstić information content (AvgIpc) is 2.83. The van der Waals surface area contributed by atoms with Crippen molar-refractivity contribution in [3.63, 3.8) is 0 Å². The molecule has 1 aromatic rings. The molecular weight excluding hydrogens is 230 g/mol. The van der Waals surface area contributed by atoms with E-state index < -0.39 is 0 Å². The summed E-state index contributed by atoms with van der Waals surface area (Å²) in [6.07, 6.45) is 7.61. The number of nitrogens with two attached hydrogens (primary N) is 1. The van der Waals surface area contributed by atoms with Crippen LogP contribution in [0.3, 0.4) is 0 Å². The van der Waals surface area contributed by atoms with Gasteiger partial charge in [-0.3, -0.25) is 4.79 Å². The maximum Gasteiger partial charge on any atom is 0.290 e. The lowest BCUT2D eigenvalue weighted by atomic mass is 9.84. The molecule has 0 aromatic carbocycles. The smallest absolute Gasteiger partial charge is 0.290 e. The zero-order valence-electron chi connectivity index (χ0n) is 10.8. The van der Waals surface area contributed by atoms with Gasteiger partial charge in [-0.1, -0.05) is 24.4 Å². The van der Waals surface area contributed by atoms with Crippen LogP contribution in [0.2, 0.25) is 0 Å². The number of amides is 1. The summed E-state index contributed by atoms with van der Waals surface area (Å²) in [5.74, 6) is 0.589. The first kappa shape index (κ1) is 13.1. The fraction of sp³-hybridized carbons (Fsp3) is 0.692. The summed E-state index contributed by atoms with van der Waals surface area (Å²) in [6, 6.07) is 0.0438. The fourth-order valence-electron chi connectivity index (χ4n) is 2.65. The van der Waals surface area contributed by atoms with E-state index in [0.29, 0.717) is 18.2 Å². The molecule has 1 saturated carbocycles. The molecule has 1 unspecified atom stereocenters. The molecule has 3 N–H and O–H groups in total. The van der Waals surface area contributed by atoms with Crippen LogP contribution in [0.15, 0.2) is 10.7 Å². The minimum absolute atomic E-state index is 0.0438. The molecule has 1 aliphatic rings. The van der Waals surface area contributed by atoms with Crippen LogP contribution in [-0.4, -0.2) is 23.7 Å². The zero-order chi connectivity index (χ0) is 13.0. The van der Waals surface area contributed by atoms with E-state index in [2.05, 4.69) is 10.5 Å². The van der Waals surface area contributed by atoms with Crippen molar-refractivity contribution < 1.29 is 9.32 Å². The van der Waals surface area contributed by atoms with Gasteiger partial charge in [-0.05, 0) is 25.7 Å². The lowest BCUT2D eigenvalue weighted by Gasteiger charge is -2.29. The third-order valence-electron chi connectivity index (χ3n) is 3.74. The van der Waals surface area contributed by atoms with Gasteiger partial charge in [-0.2, -0.15) is 0 Å². The molecule has 1 amide bonds. The number of aromatic nitrogens is 1. The second-order valence-electron chi connectivity index (χ2n) is 5.05. The first-order chi connectivity index (χ1) is 8.72. The summed E-state index contributed by atoms with van der Waals surface area (Å²) < 4.78 is 4.96. The topological polar surface area (TPSA) is 81.2 Å². The predicted octanol–water partition coefficient (Wildman–Crippen LogP) is 1.62. The van der Waals surface area contributed by atoms with Crippen LogP contribution in [0.1, 0.15) is 48.2 Å². The molecule has 0 aliphatic heterocycles. The van der Waals surface area contributed by atoms with E-state index in [-0.39, 0.29) is 11.9 Å². The Hall–Kier alpha value is -1.36. The summed E-state index contributed by atoms with van der Waals surface area (Å²) in [5.41, 5.74) is 6.54. The average molecular weight is 251 g/mol. The molecule has 2 rings (SSSR count). The highest BCUT2D eigenvalue weighted by Crippen LogP contribution is 2.26. The molecule has 1 atom stereocenters. The second-order valence-corrected chi connectivity index (χ2v) is 5.05. The van der Waals surface area contributed by atoms with Crippen molar-refractivity contribution in [3.8, 4) is 0 Å². The molecule has 5 heteroatoms. The van der Waals surface area contributed by atoms with E-state index >= 15 is 0 Å². The van der Waals surface area contributed by atoms with Crippen molar-refractivity contribution in [1.82, 2.24) is 10.5 Å². The van der Waals surface area contributed by atoms with Crippen molar-refractivity contribution in [1.29, 1.82) is 0 Å². The predicted molar refractivity (Wildman–Crippen MR) is 68.1 cm³/mol. The standard InChI is InChI=1S/C13H21N3O2/c1-9-8-15-18-12(9)13(17)16-11(7-14)10-5-3-2-4-6-10/h8,10-11H,2-7,14H2,1H3,(H,16,17). The van der Waals surface area contributed by atoms with E-state index in [1.54, 1.807) is 6.20 Å².